The van der Waals surface area contributed by atoms with Gasteiger partial charge in [-0.3, -0.25) is 0 Å². The van der Waals surface area contributed by atoms with Crippen molar-refractivity contribution in [1.82, 2.24) is 19.5 Å². The predicted molar refractivity (Wildman–Crippen MR) is 178 cm³/mol. The predicted octanol–water partition coefficient (Wildman–Crippen LogP) is 9.87. The molecule has 5 nitrogen and oxygen atoms in total. The molecule has 0 saturated heterocycles. The molecule has 0 aliphatic heterocycles. The molecule has 0 bridgehead atoms. The third-order valence-corrected chi connectivity index (χ3v) is 7.80. The van der Waals surface area contributed by atoms with Gasteiger partial charge in [-0.2, -0.15) is 0 Å². The molecule has 3 aromatic heterocycles. The van der Waals surface area contributed by atoms with Crippen molar-refractivity contribution in [3.63, 3.8) is 0 Å². The number of nitrogens with zero attached hydrogens (tertiary/aromatic N) is 4. The first-order chi connectivity index (χ1) is 24.3. The van der Waals surface area contributed by atoms with Crippen LogP contribution in [0.15, 0.2) is 150 Å². The van der Waals surface area contributed by atoms with E-state index in [0.29, 0.717) is 39.7 Å². The van der Waals surface area contributed by atoms with Gasteiger partial charge in [-0.1, -0.05) is 103 Å². The number of hydrogen-bond acceptors (Lipinski definition) is 4. The molecule has 44 heavy (non-hydrogen) atoms. The van der Waals surface area contributed by atoms with Gasteiger partial charge in [0.25, 0.3) is 0 Å². The fourth-order valence-electron chi connectivity index (χ4n) is 5.83. The SMILES string of the molecule is [2H]c1cc([2H])c2c(c1[2H])c1c([2H])c([2H])cc([2H])c1n2-c1cccc2oc3ccc(-c4nc(-c5ccccc5)nc(-c5ccccc5)n4)cc3c12. The minimum absolute atomic E-state index is 0.0277. The number of para-hydroxylation sites is 2. The van der Waals surface area contributed by atoms with E-state index in [1.807, 2.05) is 97.1 Å². The highest BCUT2D eigenvalue weighted by molar-refractivity contribution is 6.14. The van der Waals surface area contributed by atoms with Crippen LogP contribution in [0.1, 0.15) is 8.22 Å². The monoisotopic (exact) mass is 570 g/mol. The molecule has 9 aromatic rings. The van der Waals surface area contributed by atoms with Gasteiger partial charge in [0.1, 0.15) is 11.2 Å². The molecular weight excluding hydrogens is 540 g/mol. The number of hydrogen-bond donors (Lipinski definition) is 0. The standard InChI is InChI=1S/C39H24N4O/c1-3-12-25(13-4-1)37-40-38(26-14-5-2-6-15-26)42-39(41-37)27-22-23-34-30(24-27)36-33(20-11-21-35(36)44-34)43-31-18-9-7-16-28(31)29-17-8-10-19-32(29)43/h1-24H/i7D,8D,16D,17D,18D,19D. The molecule has 0 fully saturated rings. The fourth-order valence-corrected chi connectivity index (χ4v) is 5.83. The Balaban J connectivity index is 1.35. The van der Waals surface area contributed by atoms with Crippen LogP contribution in [0.2, 0.25) is 0 Å². The topological polar surface area (TPSA) is 56.7 Å². The van der Waals surface area contributed by atoms with E-state index in [0.717, 1.165) is 22.1 Å². The summed E-state index contributed by atoms with van der Waals surface area (Å²) in [6.07, 6.45) is 0. The summed E-state index contributed by atoms with van der Waals surface area (Å²) >= 11 is 0. The van der Waals surface area contributed by atoms with Crippen LogP contribution in [0, 0.1) is 0 Å². The van der Waals surface area contributed by atoms with Gasteiger partial charge < -0.3 is 8.98 Å². The van der Waals surface area contributed by atoms with Crippen molar-refractivity contribution >= 4 is 43.7 Å². The molecule has 206 valence electrons. The number of fused-ring (bicyclic) bond motifs is 6. The van der Waals surface area contributed by atoms with E-state index in [4.69, 9.17) is 27.6 Å². The van der Waals surface area contributed by atoms with Gasteiger partial charge in [0, 0.05) is 32.8 Å². The first-order valence-corrected chi connectivity index (χ1v) is 14.1. The van der Waals surface area contributed by atoms with E-state index in [2.05, 4.69) is 0 Å². The van der Waals surface area contributed by atoms with Gasteiger partial charge in [0.05, 0.1) is 30.3 Å². The molecule has 5 heteroatoms. The Morgan fingerprint density at radius 3 is 1.70 bits per heavy atom. The third-order valence-electron chi connectivity index (χ3n) is 7.80. The average molecular weight is 571 g/mol. The van der Waals surface area contributed by atoms with E-state index in [-0.39, 0.29) is 58.1 Å². The molecule has 0 aliphatic carbocycles. The molecular formula is C39H24N4O. The second kappa shape index (κ2) is 9.75. The number of benzene rings is 6. The maximum atomic E-state index is 8.94. The highest BCUT2D eigenvalue weighted by Crippen LogP contribution is 2.39. The number of furan rings is 1. The van der Waals surface area contributed by atoms with Gasteiger partial charge >= 0.3 is 0 Å². The summed E-state index contributed by atoms with van der Waals surface area (Å²) < 4.78 is 60.3. The van der Waals surface area contributed by atoms with Crippen LogP contribution in [0.3, 0.4) is 0 Å². The summed E-state index contributed by atoms with van der Waals surface area (Å²) in [7, 11) is 0. The summed E-state index contributed by atoms with van der Waals surface area (Å²) in [5, 5.41) is 1.81. The molecule has 0 amide bonds. The zero-order valence-corrected chi connectivity index (χ0v) is 23.1. The van der Waals surface area contributed by atoms with Crippen LogP contribution >= 0.6 is 0 Å². The maximum Gasteiger partial charge on any atom is 0.164 e. The maximum absolute atomic E-state index is 8.94. The van der Waals surface area contributed by atoms with Crippen molar-refractivity contribution < 1.29 is 12.6 Å². The summed E-state index contributed by atoms with van der Waals surface area (Å²) in [6.45, 7) is 0. The second-order valence-corrected chi connectivity index (χ2v) is 10.4. The fraction of sp³-hybridized carbons (Fsp3) is 0. The Hall–Kier alpha value is -6.07. The van der Waals surface area contributed by atoms with Crippen molar-refractivity contribution in [2.45, 2.75) is 0 Å². The smallest absolute Gasteiger partial charge is 0.164 e. The van der Waals surface area contributed by atoms with E-state index in [1.165, 1.54) is 12.1 Å². The molecule has 0 atom stereocenters. The van der Waals surface area contributed by atoms with E-state index in [9.17, 15) is 0 Å². The summed E-state index contributed by atoms with van der Waals surface area (Å²) in [6, 6.07) is 32.6. The molecule has 0 N–H and O–H groups in total. The average Bonchev–Trinajstić information content (AvgIpc) is 3.71. The lowest BCUT2D eigenvalue weighted by molar-refractivity contribution is 0.669. The highest BCUT2D eigenvalue weighted by Gasteiger charge is 2.19. The van der Waals surface area contributed by atoms with Gasteiger partial charge in [-0.25, -0.2) is 15.0 Å². The lowest BCUT2D eigenvalue weighted by Crippen LogP contribution is -2.00. The molecule has 0 saturated carbocycles. The zero-order chi connectivity index (χ0) is 34.3. The van der Waals surface area contributed by atoms with E-state index >= 15 is 0 Å². The second-order valence-electron chi connectivity index (χ2n) is 10.4. The lowest BCUT2D eigenvalue weighted by atomic mass is 10.1. The largest absolute Gasteiger partial charge is 0.456 e. The van der Waals surface area contributed by atoms with Crippen LogP contribution in [0.25, 0.3) is 83.6 Å². The zero-order valence-electron chi connectivity index (χ0n) is 29.1. The van der Waals surface area contributed by atoms with Crippen LogP contribution in [0.5, 0.6) is 0 Å². The van der Waals surface area contributed by atoms with Crippen molar-refractivity contribution in [2.24, 2.45) is 0 Å². The van der Waals surface area contributed by atoms with Crippen molar-refractivity contribution in [1.29, 1.82) is 0 Å². The third kappa shape index (κ3) is 3.83. The van der Waals surface area contributed by atoms with Crippen molar-refractivity contribution in [2.75, 3.05) is 0 Å². The van der Waals surface area contributed by atoms with Gasteiger partial charge in [-0.15, -0.1) is 0 Å². The highest BCUT2D eigenvalue weighted by atomic mass is 16.3. The number of rotatable bonds is 4. The summed E-state index contributed by atoms with van der Waals surface area (Å²) in [5.74, 6) is 1.53. The van der Waals surface area contributed by atoms with Gasteiger partial charge in [0.15, 0.2) is 17.5 Å². The van der Waals surface area contributed by atoms with Crippen molar-refractivity contribution in [3.05, 3.63) is 145 Å². The normalized spacial score (nSPS) is 13.5. The molecule has 9 rings (SSSR count). The molecule has 0 aliphatic rings. The minimum Gasteiger partial charge on any atom is -0.456 e. The molecule has 0 spiro atoms. The van der Waals surface area contributed by atoms with Gasteiger partial charge in [0.2, 0.25) is 0 Å². The minimum atomic E-state index is -0.165. The van der Waals surface area contributed by atoms with Crippen LogP contribution in [-0.4, -0.2) is 19.5 Å². The molecule has 0 unspecified atom stereocenters. The van der Waals surface area contributed by atoms with E-state index in [1.54, 1.807) is 4.57 Å². The van der Waals surface area contributed by atoms with Gasteiger partial charge in [-0.05, 0) is 42.4 Å². The van der Waals surface area contributed by atoms with E-state index < -0.39 is 0 Å². The summed E-state index contributed by atoms with van der Waals surface area (Å²) in [5.41, 5.74) is 4.70. The van der Waals surface area contributed by atoms with Crippen LogP contribution in [0.4, 0.5) is 0 Å². The Labute approximate surface area is 261 Å². The molecule has 3 heterocycles. The molecule has 6 aromatic carbocycles. The van der Waals surface area contributed by atoms with Crippen LogP contribution < -0.4 is 0 Å². The van der Waals surface area contributed by atoms with Crippen molar-refractivity contribution in [3.8, 4) is 39.9 Å². The Morgan fingerprint density at radius 1 is 0.500 bits per heavy atom. The first kappa shape index (κ1) is 19.2. The summed E-state index contributed by atoms with van der Waals surface area (Å²) in [4.78, 5) is 14.6. The Morgan fingerprint density at radius 2 is 1.09 bits per heavy atom. The Kier molecular flexibility index (Phi) is 4.25. The molecule has 0 radical (unpaired) electrons. The van der Waals surface area contributed by atoms with Crippen LogP contribution in [-0.2, 0) is 0 Å². The quantitative estimate of drug-likeness (QED) is 0.211. The Bertz CT molecular complexity index is 2700. The first-order valence-electron chi connectivity index (χ1n) is 17.1. The number of aromatic nitrogens is 4. The lowest BCUT2D eigenvalue weighted by Gasteiger charge is -2.10.